The second-order valence-corrected chi connectivity index (χ2v) is 2.28. The molecule has 1 rings (SSSR count). The molecule has 2 atom stereocenters. The van der Waals surface area contributed by atoms with Crippen molar-refractivity contribution >= 4 is 0 Å². The molecule has 48 valence electrons. The monoisotopic (exact) mass is 116 g/mol. The minimum absolute atomic E-state index is 0.255. The third-order valence-corrected chi connectivity index (χ3v) is 1.49. The Balaban J connectivity index is 2.24. The molecule has 0 radical (unpaired) electrons. The first-order chi connectivity index (χ1) is 3.80. The maximum atomic E-state index is 5.58. The average molecular weight is 116 g/mol. The van der Waals surface area contributed by atoms with E-state index in [1.807, 2.05) is 6.92 Å². The highest BCUT2D eigenvalue weighted by Gasteiger charge is 2.18. The van der Waals surface area contributed by atoms with Gasteiger partial charge in [0.05, 0.1) is 6.61 Å². The maximum Gasteiger partial charge on any atom is 0.0738 e. The molecule has 0 spiro atoms. The van der Waals surface area contributed by atoms with Crippen LogP contribution in [0.3, 0.4) is 0 Å². The van der Waals surface area contributed by atoms with Crippen molar-refractivity contribution in [1.82, 2.24) is 5.48 Å². The lowest BCUT2D eigenvalue weighted by molar-refractivity contribution is 0.0958. The van der Waals surface area contributed by atoms with Crippen LogP contribution in [0.4, 0.5) is 0 Å². The maximum absolute atomic E-state index is 5.58. The van der Waals surface area contributed by atoms with Crippen LogP contribution in [-0.4, -0.2) is 19.2 Å². The highest BCUT2D eigenvalue weighted by molar-refractivity contribution is 4.71. The fraction of sp³-hybridized carbons (Fsp3) is 1.00. The van der Waals surface area contributed by atoms with Crippen LogP contribution < -0.4 is 11.2 Å². The van der Waals surface area contributed by atoms with Crippen LogP contribution in [0.1, 0.15) is 6.92 Å². The molecule has 0 aromatic carbocycles. The largest absolute Gasteiger partial charge is 0.328 e. The van der Waals surface area contributed by atoms with E-state index in [1.54, 1.807) is 0 Å². The first kappa shape index (κ1) is 6.01. The third-order valence-electron chi connectivity index (χ3n) is 1.49. The zero-order chi connectivity index (χ0) is 5.98. The van der Waals surface area contributed by atoms with Gasteiger partial charge in [-0.05, 0) is 6.92 Å². The summed E-state index contributed by atoms with van der Waals surface area (Å²) in [5, 5.41) is 0. The van der Waals surface area contributed by atoms with Gasteiger partial charge in [-0.25, -0.2) is 5.48 Å². The van der Waals surface area contributed by atoms with E-state index in [2.05, 4.69) is 5.48 Å². The van der Waals surface area contributed by atoms with Crippen LogP contribution in [0.5, 0.6) is 0 Å². The van der Waals surface area contributed by atoms with E-state index >= 15 is 0 Å². The average Bonchev–Trinajstić information content (AvgIpc) is 2.12. The Hall–Kier alpha value is -0.120. The van der Waals surface area contributed by atoms with Crippen LogP contribution in [-0.2, 0) is 4.84 Å². The zero-order valence-electron chi connectivity index (χ0n) is 5.05. The van der Waals surface area contributed by atoms with E-state index < -0.39 is 0 Å². The molecular formula is C5H12N2O. The second kappa shape index (κ2) is 2.44. The summed E-state index contributed by atoms with van der Waals surface area (Å²) in [5.74, 6) is 0.509. The molecule has 2 unspecified atom stereocenters. The normalized spacial score (nSPS) is 33.0. The third kappa shape index (κ3) is 1.18. The SMILES string of the molecule is CC(N)C1CNOC1. The summed E-state index contributed by atoms with van der Waals surface area (Å²) < 4.78 is 0. The van der Waals surface area contributed by atoms with E-state index in [9.17, 15) is 0 Å². The van der Waals surface area contributed by atoms with Gasteiger partial charge in [-0.1, -0.05) is 0 Å². The van der Waals surface area contributed by atoms with Gasteiger partial charge in [-0.2, -0.15) is 0 Å². The van der Waals surface area contributed by atoms with Crippen molar-refractivity contribution in [2.75, 3.05) is 13.2 Å². The van der Waals surface area contributed by atoms with Crippen molar-refractivity contribution in [3.63, 3.8) is 0 Å². The molecule has 8 heavy (non-hydrogen) atoms. The standard InChI is InChI=1S/C5H12N2O/c1-4(6)5-2-7-8-3-5/h4-5,7H,2-3,6H2,1H3. The predicted octanol–water partition coefficient (Wildman–Crippen LogP) is -0.515. The number of nitrogens with one attached hydrogen (secondary N) is 1. The Kier molecular flexibility index (Phi) is 1.83. The van der Waals surface area contributed by atoms with Gasteiger partial charge < -0.3 is 10.6 Å². The molecular weight excluding hydrogens is 104 g/mol. The van der Waals surface area contributed by atoms with Crippen LogP contribution >= 0.6 is 0 Å². The second-order valence-electron chi connectivity index (χ2n) is 2.28. The summed E-state index contributed by atoms with van der Waals surface area (Å²) in [6.07, 6.45) is 0. The smallest absolute Gasteiger partial charge is 0.0738 e. The van der Waals surface area contributed by atoms with Gasteiger partial charge in [-0.3, -0.25) is 0 Å². The van der Waals surface area contributed by atoms with Crippen LogP contribution in [0, 0.1) is 5.92 Å². The molecule has 0 saturated carbocycles. The van der Waals surface area contributed by atoms with Crippen molar-refractivity contribution in [3.05, 3.63) is 0 Å². The van der Waals surface area contributed by atoms with Crippen LogP contribution in [0.25, 0.3) is 0 Å². The van der Waals surface area contributed by atoms with Crippen LogP contribution in [0.15, 0.2) is 0 Å². The van der Waals surface area contributed by atoms with Crippen molar-refractivity contribution in [2.24, 2.45) is 11.7 Å². The Labute approximate surface area is 49.2 Å². The Bertz CT molecular complexity index is 68.8. The van der Waals surface area contributed by atoms with Crippen molar-refractivity contribution < 1.29 is 4.84 Å². The number of rotatable bonds is 1. The van der Waals surface area contributed by atoms with Crippen molar-refractivity contribution in [2.45, 2.75) is 13.0 Å². The molecule has 1 aliphatic heterocycles. The summed E-state index contributed by atoms with van der Waals surface area (Å²) in [6.45, 7) is 3.66. The molecule has 0 bridgehead atoms. The minimum atomic E-state index is 0.255. The molecule has 0 aromatic rings. The van der Waals surface area contributed by atoms with E-state index in [0.29, 0.717) is 5.92 Å². The molecule has 0 aliphatic carbocycles. The molecule has 1 aliphatic rings. The quantitative estimate of drug-likeness (QED) is 0.485. The summed E-state index contributed by atoms with van der Waals surface area (Å²) in [4.78, 5) is 4.89. The highest BCUT2D eigenvalue weighted by atomic mass is 16.7. The van der Waals surface area contributed by atoms with E-state index in [1.165, 1.54) is 0 Å². The van der Waals surface area contributed by atoms with Crippen molar-refractivity contribution in [3.8, 4) is 0 Å². The van der Waals surface area contributed by atoms with Gasteiger partial charge in [0.2, 0.25) is 0 Å². The van der Waals surface area contributed by atoms with Crippen LogP contribution in [0.2, 0.25) is 0 Å². The van der Waals surface area contributed by atoms with Gasteiger partial charge in [-0.15, -0.1) is 0 Å². The molecule has 3 heteroatoms. The molecule has 3 nitrogen and oxygen atoms in total. The molecule has 1 heterocycles. The highest BCUT2D eigenvalue weighted by Crippen LogP contribution is 2.04. The number of hydroxylamine groups is 1. The zero-order valence-corrected chi connectivity index (χ0v) is 5.05. The van der Waals surface area contributed by atoms with E-state index in [-0.39, 0.29) is 6.04 Å². The number of nitrogens with two attached hydrogens (primary N) is 1. The fourth-order valence-electron chi connectivity index (χ4n) is 0.729. The predicted molar refractivity (Wildman–Crippen MR) is 31.1 cm³/mol. The van der Waals surface area contributed by atoms with Crippen molar-refractivity contribution in [1.29, 1.82) is 0 Å². The van der Waals surface area contributed by atoms with E-state index in [4.69, 9.17) is 10.6 Å². The summed E-state index contributed by atoms with van der Waals surface area (Å²) in [5.41, 5.74) is 8.35. The summed E-state index contributed by atoms with van der Waals surface area (Å²) >= 11 is 0. The molecule has 3 N–H and O–H groups in total. The van der Waals surface area contributed by atoms with E-state index in [0.717, 1.165) is 13.2 Å². The molecule has 1 fully saturated rings. The lowest BCUT2D eigenvalue weighted by Gasteiger charge is -2.08. The topological polar surface area (TPSA) is 47.3 Å². The minimum Gasteiger partial charge on any atom is -0.328 e. The first-order valence-corrected chi connectivity index (χ1v) is 2.91. The van der Waals surface area contributed by atoms with Gasteiger partial charge in [0, 0.05) is 18.5 Å². The lowest BCUT2D eigenvalue weighted by atomic mass is 10.1. The number of hydrogen-bond donors (Lipinski definition) is 2. The first-order valence-electron chi connectivity index (χ1n) is 2.91. The summed E-state index contributed by atoms with van der Waals surface area (Å²) in [6, 6.07) is 0.255. The Morgan fingerprint density at radius 2 is 2.62 bits per heavy atom. The van der Waals surface area contributed by atoms with Gasteiger partial charge in [0.1, 0.15) is 0 Å². The molecule has 1 saturated heterocycles. The van der Waals surface area contributed by atoms with Gasteiger partial charge in [0.15, 0.2) is 0 Å². The Morgan fingerprint density at radius 3 is 2.88 bits per heavy atom. The molecule has 0 amide bonds. The Morgan fingerprint density at radius 1 is 1.88 bits per heavy atom. The van der Waals surface area contributed by atoms with Gasteiger partial charge >= 0.3 is 0 Å². The van der Waals surface area contributed by atoms with Gasteiger partial charge in [0.25, 0.3) is 0 Å². The lowest BCUT2D eigenvalue weighted by Crippen LogP contribution is -2.29. The number of hydrogen-bond acceptors (Lipinski definition) is 3. The molecule has 0 aromatic heterocycles. The fourth-order valence-corrected chi connectivity index (χ4v) is 0.729. The summed E-state index contributed by atoms with van der Waals surface area (Å²) in [7, 11) is 0.